The Morgan fingerprint density at radius 2 is 1.76 bits per heavy atom. The third-order valence-electron chi connectivity index (χ3n) is 4.71. The fourth-order valence-corrected chi connectivity index (χ4v) is 4.27. The smallest absolute Gasteiger partial charge is 0.251 e. The van der Waals surface area contributed by atoms with Crippen LogP contribution in [0.3, 0.4) is 0 Å². The van der Waals surface area contributed by atoms with Crippen molar-refractivity contribution in [2.75, 3.05) is 13.7 Å². The zero-order valence-electron chi connectivity index (χ0n) is 16.4. The molecule has 0 unspecified atom stereocenters. The van der Waals surface area contributed by atoms with Crippen molar-refractivity contribution in [3.8, 4) is 5.75 Å². The fraction of sp³-hybridized carbons (Fsp3) is 0.167. The molecule has 1 amide bonds. The van der Waals surface area contributed by atoms with Gasteiger partial charge < -0.3 is 10.1 Å². The standard InChI is InChI=1S/C24H22N2O2S/c1-3-14-25-24(27)16-12-13-22-19(15-16)26-23(17-8-4-6-10-20(17)28-2)18-9-5-7-11-21(18)29-22/h4-13,15H,3,14H2,1-2H3,(H,25,27). The van der Waals surface area contributed by atoms with E-state index in [2.05, 4.69) is 17.4 Å². The number of rotatable bonds is 5. The second-order valence-corrected chi connectivity index (χ2v) is 7.78. The van der Waals surface area contributed by atoms with E-state index in [4.69, 9.17) is 9.73 Å². The summed E-state index contributed by atoms with van der Waals surface area (Å²) < 4.78 is 5.60. The summed E-state index contributed by atoms with van der Waals surface area (Å²) in [5.74, 6) is 0.696. The van der Waals surface area contributed by atoms with Crippen molar-refractivity contribution in [2.24, 2.45) is 4.99 Å². The summed E-state index contributed by atoms with van der Waals surface area (Å²) >= 11 is 1.67. The molecule has 0 saturated heterocycles. The number of hydrogen-bond donors (Lipinski definition) is 1. The van der Waals surface area contributed by atoms with Crippen LogP contribution in [-0.4, -0.2) is 25.3 Å². The third-order valence-corrected chi connectivity index (χ3v) is 5.85. The first-order chi connectivity index (χ1) is 14.2. The maximum absolute atomic E-state index is 12.5. The van der Waals surface area contributed by atoms with Gasteiger partial charge >= 0.3 is 0 Å². The molecule has 1 aliphatic rings. The Labute approximate surface area is 175 Å². The Kier molecular flexibility index (Phi) is 5.67. The Balaban J connectivity index is 1.88. The summed E-state index contributed by atoms with van der Waals surface area (Å²) in [4.78, 5) is 19.6. The summed E-state index contributed by atoms with van der Waals surface area (Å²) in [5.41, 5.74) is 4.23. The molecule has 4 nitrogen and oxygen atoms in total. The van der Waals surface area contributed by atoms with Gasteiger partial charge in [-0.3, -0.25) is 4.79 Å². The lowest BCUT2D eigenvalue weighted by atomic mass is 10.0. The zero-order chi connectivity index (χ0) is 20.2. The molecule has 4 rings (SSSR count). The molecule has 0 saturated carbocycles. The highest BCUT2D eigenvalue weighted by Gasteiger charge is 2.21. The van der Waals surface area contributed by atoms with Crippen molar-refractivity contribution in [3.63, 3.8) is 0 Å². The zero-order valence-corrected chi connectivity index (χ0v) is 17.3. The second-order valence-electron chi connectivity index (χ2n) is 6.70. The molecule has 0 fully saturated rings. The summed E-state index contributed by atoms with van der Waals surface area (Å²) in [7, 11) is 1.67. The molecule has 146 valence electrons. The number of carbonyl (C=O) groups excluding carboxylic acids is 1. The number of methoxy groups -OCH3 is 1. The Morgan fingerprint density at radius 3 is 2.55 bits per heavy atom. The van der Waals surface area contributed by atoms with Gasteiger partial charge in [-0.1, -0.05) is 49.0 Å². The van der Waals surface area contributed by atoms with E-state index in [0.717, 1.165) is 44.5 Å². The quantitative estimate of drug-likeness (QED) is 0.482. The first-order valence-corrected chi connectivity index (χ1v) is 10.4. The number of aliphatic imine (C=N–C) groups is 1. The highest BCUT2D eigenvalue weighted by molar-refractivity contribution is 7.99. The lowest BCUT2D eigenvalue weighted by molar-refractivity contribution is 0.0953. The molecular weight excluding hydrogens is 380 g/mol. The predicted octanol–water partition coefficient (Wildman–Crippen LogP) is 5.47. The van der Waals surface area contributed by atoms with Gasteiger partial charge in [0.05, 0.1) is 18.5 Å². The number of fused-ring (bicyclic) bond motifs is 2. The van der Waals surface area contributed by atoms with Crippen molar-refractivity contribution < 1.29 is 9.53 Å². The van der Waals surface area contributed by atoms with Gasteiger partial charge in [-0.25, -0.2) is 4.99 Å². The van der Waals surface area contributed by atoms with Crippen LogP contribution in [0.25, 0.3) is 0 Å². The molecule has 0 spiro atoms. The van der Waals surface area contributed by atoms with Gasteiger partial charge in [-0.2, -0.15) is 0 Å². The average molecular weight is 403 g/mol. The minimum Gasteiger partial charge on any atom is -0.496 e. The van der Waals surface area contributed by atoms with Crippen LogP contribution in [0.15, 0.2) is 81.5 Å². The second kappa shape index (κ2) is 8.53. The third kappa shape index (κ3) is 3.91. The molecule has 0 radical (unpaired) electrons. The van der Waals surface area contributed by atoms with Gasteiger partial charge in [0.1, 0.15) is 5.75 Å². The maximum atomic E-state index is 12.5. The van der Waals surface area contributed by atoms with E-state index in [1.54, 1.807) is 18.9 Å². The first kappa shape index (κ1) is 19.3. The molecule has 3 aromatic carbocycles. The molecular formula is C24H22N2O2S. The van der Waals surface area contributed by atoms with E-state index < -0.39 is 0 Å². The molecule has 1 aliphatic heterocycles. The van der Waals surface area contributed by atoms with Crippen LogP contribution in [-0.2, 0) is 0 Å². The number of ether oxygens (including phenoxy) is 1. The van der Waals surface area contributed by atoms with Gasteiger partial charge in [0.25, 0.3) is 5.91 Å². The van der Waals surface area contributed by atoms with Crippen molar-refractivity contribution in [2.45, 2.75) is 23.1 Å². The van der Waals surface area contributed by atoms with Crippen molar-refractivity contribution in [3.05, 3.63) is 83.4 Å². The number of carbonyl (C=O) groups is 1. The number of hydrogen-bond acceptors (Lipinski definition) is 4. The monoisotopic (exact) mass is 402 g/mol. The van der Waals surface area contributed by atoms with E-state index in [0.29, 0.717) is 12.1 Å². The number of nitrogens with one attached hydrogen (secondary N) is 1. The van der Waals surface area contributed by atoms with Crippen LogP contribution < -0.4 is 10.1 Å². The number of amides is 1. The van der Waals surface area contributed by atoms with Crippen LogP contribution in [0.5, 0.6) is 5.75 Å². The summed E-state index contributed by atoms with van der Waals surface area (Å²) in [5, 5.41) is 2.94. The SMILES string of the molecule is CCCNC(=O)c1ccc2c(c1)N=C(c1ccccc1OC)c1ccccc1S2. The Hall–Kier alpha value is -3.05. The van der Waals surface area contributed by atoms with Gasteiger partial charge in [-0.05, 0) is 42.8 Å². The van der Waals surface area contributed by atoms with E-state index >= 15 is 0 Å². The van der Waals surface area contributed by atoms with E-state index in [1.165, 1.54) is 0 Å². The molecule has 5 heteroatoms. The predicted molar refractivity (Wildman–Crippen MR) is 118 cm³/mol. The van der Waals surface area contributed by atoms with Crippen LogP contribution in [0.4, 0.5) is 5.69 Å². The number of benzene rings is 3. The van der Waals surface area contributed by atoms with Crippen molar-refractivity contribution >= 4 is 29.1 Å². The van der Waals surface area contributed by atoms with Crippen LogP contribution in [0.2, 0.25) is 0 Å². The molecule has 0 aliphatic carbocycles. The minimum atomic E-state index is -0.0737. The molecule has 29 heavy (non-hydrogen) atoms. The fourth-order valence-electron chi connectivity index (χ4n) is 3.27. The van der Waals surface area contributed by atoms with Crippen LogP contribution in [0, 0.1) is 0 Å². The molecule has 3 aromatic rings. The van der Waals surface area contributed by atoms with Gasteiger partial charge in [0, 0.05) is 33.0 Å². The van der Waals surface area contributed by atoms with Crippen molar-refractivity contribution in [1.82, 2.24) is 5.32 Å². The normalized spacial score (nSPS) is 12.3. The van der Waals surface area contributed by atoms with Crippen LogP contribution >= 0.6 is 11.8 Å². The van der Waals surface area contributed by atoms with E-state index in [9.17, 15) is 4.79 Å². The summed E-state index contributed by atoms with van der Waals surface area (Å²) in [6.45, 7) is 2.70. The maximum Gasteiger partial charge on any atom is 0.251 e. The molecule has 0 bridgehead atoms. The van der Waals surface area contributed by atoms with Crippen LogP contribution in [0.1, 0.15) is 34.8 Å². The summed E-state index contributed by atoms with van der Waals surface area (Å²) in [6.07, 6.45) is 0.901. The highest BCUT2D eigenvalue weighted by Crippen LogP contribution is 2.42. The number of nitrogens with zero attached hydrogens (tertiary/aromatic N) is 1. The molecule has 1 N–H and O–H groups in total. The molecule has 0 aromatic heterocycles. The average Bonchev–Trinajstić information content (AvgIpc) is 2.93. The lowest BCUT2D eigenvalue weighted by Gasteiger charge is -2.12. The lowest BCUT2D eigenvalue weighted by Crippen LogP contribution is -2.23. The Bertz CT molecular complexity index is 1090. The molecule has 0 atom stereocenters. The highest BCUT2D eigenvalue weighted by atomic mass is 32.2. The van der Waals surface area contributed by atoms with Gasteiger partial charge in [0.2, 0.25) is 0 Å². The Morgan fingerprint density at radius 1 is 1.00 bits per heavy atom. The van der Waals surface area contributed by atoms with E-state index in [1.807, 2.05) is 61.5 Å². The number of para-hydroxylation sites is 1. The minimum absolute atomic E-state index is 0.0737. The first-order valence-electron chi connectivity index (χ1n) is 9.63. The van der Waals surface area contributed by atoms with Gasteiger partial charge in [0.15, 0.2) is 0 Å². The largest absolute Gasteiger partial charge is 0.496 e. The molecule has 1 heterocycles. The van der Waals surface area contributed by atoms with Crippen molar-refractivity contribution in [1.29, 1.82) is 0 Å². The summed E-state index contributed by atoms with van der Waals surface area (Å²) in [6, 6.07) is 21.8. The topological polar surface area (TPSA) is 50.7 Å². The van der Waals surface area contributed by atoms with Gasteiger partial charge in [-0.15, -0.1) is 0 Å². The van der Waals surface area contributed by atoms with E-state index in [-0.39, 0.29) is 5.91 Å².